The van der Waals surface area contributed by atoms with Crippen molar-refractivity contribution in [2.75, 3.05) is 19.8 Å². The van der Waals surface area contributed by atoms with Gasteiger partial charge in [0.05, 0.1) is 6.61 Å². The van der Waals surface area contributed by atoms with Crippen LogP contribution in [0.1, 0.15) is 142 Å². The molecular formula is C34H67NO16P2. The molecule has 1 fully saturated rings. The van der Waals surface area contributed by atoms with Crippen molar-refractivity contribution in [3.63, 3.8) is 0 Å². The lowest BCUT2D eigenvalue weighted by Gasteiger charge is -2.43. The third kappa shape index (κ3) is 23.6. The summed E-state index contributed by atoms with van der Waals surface area (Å²) in [5, 5.41) is 40.9. The molecule has 1 rings (SSSR count). The van der Waals surface area contributed by atoms with E-state index in [0.29, 0.717) is 19.4 Å². The third-order valence-corrected chi connectivity index (χ3v) is 10.5. The number of carbonyl (C=O) groups is 2. The van der Waals surface area contributed by atoms with Crippen LogP contribution in [0.5, 0.6) is 0 Å². The van der Waals surface area contributed by atoms with Crippen LogP contribution in [-0.4, -0.2) is 110 Å². The van der Waals surface area contributed by atoms with Gasteiger partial charge in [-0.2, -0.15) is 0 Å². The molecule has 314 valence electrons. The van der Waals surface area contributed by atoms with Gasteiger partial charge in [-0.25, -0.2) is 9.13 Å². The molecule has 17 nitrogen and oxygen atoms in total. The first kappa shape index (κ1) is 50.0. The van der Waals surface area contributed by atoms with E-state index in [2.05, 4.69) is 11.4 Å². The van der Waals surface area contributed by atoms with Gasteiger partial charge in [0.25, 0.3) is 0 Å². The van der Waals surface area contributed by atoms with Crippen LogP contribution in [0.25, 0.3) is 0 Å². The summed E-state index contributed by atoms with van der Waals surface area (Å²) in [6.07, 6.45) is 5.18. The van der Waals surface area contributed by atoms with Gasteiger partial charge in [0, 0.05) is 12.8 Å². The number of esters is 2. The number of nitrogens with two attached hydrogens (primary N) is 1. The van der Waals surface area contributed by atoms with Gasteiger partial charge < -0.3 is 50.3 Å². The van der Waals surface area contributed by atoms with Crippen molar-refractivity contribution in [2.45, 2.75) is 184 Å². The van der Waals surface area contributed by atoms with Crippen LogP contribution >= 0.6 is 15.6 Å². The Morgan fingerprint density at radius 2 is 1.02 bits per heavy atom. The number of phosphoric ester groups is 2. The van der Waals surface area contributed by atoms with Gasteiger partial charge >= 0.3 is 27.6 Å². The van der Waals surface area contributed by atoms with E-state index in [4.69, 9.17) is 34.0 Å². The standard InChI is InChI=1S/C34H67NO16P2/c1-2-3-4-5-6-7-8-9-10-11-12-16-19-22-28(37)49-26(24-47-27(36)21-18-15-13-14-17-20-23-35)25-48-53(45,46)51-34-31(40)29(38)30(39)33(32(34)41)50-52(42,43)44/h26,29-34,38-41H,2-25,35H2,1H3,(H,45,46)(H2,42,43,44)/t26-,29+,30?,31?,32-,33-,34?/m1/s1. The maximum atomic E-state index is 12.9. The minimum Gasteiger partial charge on any atom is -0.462 e. The number of rotatable bonds is 32. The fourth-order valence-electron chi connectivity index (χ4n) is 5.98. The maximum absolute atomic E-state index is 12.9. The lowest BCUT2D eigenvalue weighted by atomic mass is 9.85. The van der Waals surface area contributed by atoms with E-state index in [9.17, 15) is 44.0 Å². The van der Waals surface area contributed by atoms with E-state index in [1.54, 1.807) is 0 Å². The van der Waals surface area contributed by atoms with Gasteiger partial charge in [-0.15, -0.1) is 0 Å². The Morgan fingerprint density at radius 3 is 1.49 bits per heavy atom. The molecule has 1 saturated carbocycles. The average molecular weight is 808 g/mol. The number of aliphatic hydroxyl groups is 4. The summed E-state index contributed by atoms with van der Waals surface area (Å²) >= 11 is 0. The van der Waals surface area contributed by atoms with Crippen molar-refractivity contribution < 1.29 is 76.9 Å². The lowest BCUT2D eigenvalue weighted by molar-refractivity contribution is -0.216. The first-order valence-electron chi connectivity index (χ1n) is 19.3. The second kappa shape index (κ2) is 28.4. The topological polar surface area (TPSA) is 282 Å². The zero-order valence-electron chi connectivity index (χ0n) is 31.3. The highest BCUT2D eigenvalue weighted by Crippen LogP contribution is 2.49. The fraction of sp³-hybridized carbons (Fsp3) is 0.941. The second-order valence-electron chi connectivity index (χ2n) is 13.8. The number of unbranched alkanes of at least 4 members (excludes halogenated alkanes) is 17. The highest BCUT2D eigenvalue weighted by Gasteiger charge is 2.54. The molecule has 0 aromatic rings. The van der Waals surface area contributed by atoms with E-state index < -0.39 is 83.5 Å². The summed E-state index contributed by atoms with van der Waals surface area (Å²) in [6, 6.07) is 0. The summed E-state index contributed by atoms with van der Waals surface area (Å²) in [4.78, 5) is 53.7. The Bertz CT molecular complexity index is 1080. The third-order valence-electron chi connectivity index (χ3n) is 9.03. The summed E-state index contributed by atoms with van der Waals surface area (Å²) in [5.74, 6) is -1.23. The molecule has 0 saturated heterocycles. The van der Waals surface area contributed by atoms with Crippen molar-refractivity contribution in [1.82, 2.24) is 0 Å². The van der Waals surface area contributed by atoms with Gasteiger partial charge in [0.2, 0.25) is 0 Å². The molecule has 0 radical (unpaired) electrons. The molecule has 9 N–H and O–H groups in total. The van der Waals surface area contributed by atoms with Crippen molar-refractivity contribution in [3.05, 3.63) is 0 Å². The Morgan fingerprint density at radius 1 is 0.585 bits per heavy atom. The SMILES string of the molecule is CCCCCCCCCCCCCCCC(=O)O[C@H](COC(=O)CCCCCCCCN)COP(=O)(O)OC1C(O)[C@@H](O)C(O)[C@@H](OP(=O)(O)O)[C@H]1O. The van der Waals surface area contributed by atoms with E-state index in [-0.39, 0.29) is 12.8 Å². The molecule has 0 bridgehead atoms. The first-order valence-corrected chi connectivity index (χ1v) is 22.3. The van der Waals surface area contributed by atoms with Crippen LogP contribution in [0.2, 0.25) is 0 Å². The molecule has 53 heavy (non-hydrogen) atoms. The normalized spacial score (nSPS) is 23.7. The minimum absolute atomic E-state index is 0.0429. The highest BCUT2D eigenvalue weighted by atomic mass is 31.2. The Balaban J connectivity index is 2.67. The predicted octanol–water partition coefficient (Wildman–Crippen LogP) is 4.05. The summed E-state index contributed by atoms with van der Waals surface area (Å²) in [5.41, 5.74) is 5.50. The van der Waals surface area contributed by atoms with Crippen LogP contribution in [0.15, 0.2) is 0 Å². The van der Waals surface area contributed by atoms with Crippen molar-refractivity contribution >= 4 is 27.6 Å². The van der Waals surface area contributed by atoms with Gasteiger partial charge in [-0.3, -0.25) is 23.2 Å². The largest absolute Gasteiger partial charge is 0.472 e. The number of carbonyl (C=O) groups excluding carboxylic acids is 2. The number of phosphoric acid groups is 2. The molecule has 1 aliphatic carbocycles. The molecule has 0 heterocycles. The van der Waals surface area contributed by atoms with Crippen molar-refractivity contribution in [1.29, 1.82) is 0 Å². The molecule has 8 atom stereocenters. The summed E-state index contributed by atoms with van der Waals surface area (Å²) in [7, 11) is -10.6. The summed E-state index contributed by atoms with van der Waals surface area (Å²) in [6.45, 7) is 1.49. The molecule has 0 aromatic carbocycles. The van der Waals surface area contributed by atoms with Crippen LogP contribution in [-0.2, 0) is 41.8 Å². The van der Waals surface area contributed by atoms with Crippen LogP contribution in [0, 0.1) is 0 Å². The van der Waals surface area contributed by atoms with Gasteiger partial charge in [-0.1, -0.05) is 110 Å². The smallest absolute Gasteiger partial charge is 0.462 e. The van der Waals surface area contributed by atoms with Crippen molar-refractivity contribution in [3.8, 4) is 0 Å². The van der Waals surface area contributed by atoms with Crippen LogP contribution in [0.4, 0.5) is 0 Å². The molecule has 0 spiro atoms. The van der Waals surface area contributed by atoms with E-state index in [1.165, 1.54) is 51.4 Å². The van der Waals surface area contributed by atoms with Crippen LogP contribution < -0.4 is 5.73 Å². The monoisotopic (exact) mass is 807 g/mol. The van der Waals surface area contributed by atoms with E-state index >= 15 is 0 Å². The minimum atomic E-state index is -5.35. The maximum Gasteiger partial charge on any atom is 0.472 e. The molecule has 0 aliphatic heterocycles. The van der Waals surface area contributed by atoms with Crippen molar-refractivity contribution in [2.24, 2.45) is 5.73 Å². The summed E-state index contributed by atoms with van der Waals surface area (Å²) < 4.78 is 48.9. The average Bonchev–Trinajstić information content (AvgIpc) is 3.10. The van der Waals surface area contributed by atoms with E-state index in [1.807, 2.05) is 0 Å². The lowest BCUT2D eigenvalue weighted by Crippen LogP contribution is -2.64. The Kier molecular flexibility index (Phi) is 26.8. The molecule has 0 aromatic heterocycles. The molecule has 1 aliphatic rings. The van der Waals surface area contributed by atoms with Gasteiger partial charge in [0.15, 0.2) is 6.10 Å². The Hall–Kier alpha value is -1.04. The molecule has 19 heteroatoms. The number of ether oxygens (including phenoxy) is 2. The van der Waals surface area contributed by atoms with E-state index in [0.717, 1.165) is 57.8 Å². The van der Waals surface area contributed by atoms with Gasteiger partial charge in [-0.05, 0) is 25.8 Å². The molecular weight excluding hydrogens is 740 g/mol. The molecule has 4 unspecified atom stereocenters. The zero-order valence-corrected chi connectivity index (χ0v) is 33.1. The highest BCUT2D eigenvalue weighted by molar-refractivity contribution is 7.47. The number of hydrogen-bond acceptors (Lipinski definition) is 14. The van der Waals surface area contributed by atoms with Gasteiger partial charge in [0.1, 0.15) is 43.2 Å². The predicted molar refractivity (Wildman–Crippen MR) is 194 cm³/mol. The quantitative estimate of drug-likeness (QED) is 0.0270. The number of hydrogen-bond donors (Lipinski definition) is 8. The number of aliphatic hydroxyl groups excluding tert-OH is 4. The molecule has 0 amide bonds. The first-order chi connectivity index (χ1) is 25.1. The fourth-order valence-corrected chi connectivity index (χ4v) is 7.52. The second-order valence-corrected chi connectivity index (χ2v) is 16.4. The Labute approximate surface area is 314 Å². The zero-order chi connectivity index (χ0) is 39.7. The van der Waals surface area contributed by atoms with Crippen LogP contribution in [0.3, 0.4) is 0 Å².